The SMILES string of the molecule is CC(CO)(NC1CCCC1)c1cccc(Br)c1. The molecule has 2 rings (SSSR count). The van der Waals surface area contributed by atoms with E-state index in [1.165, 1.54) is 25.7 Å². The van der Waals surface area contributed by atoms with E-state index in [-0.39, 0.29) is 12.1 Å². The molecule has 1 unspecified atom stereocenters. The Kier molecular flexibility index (Phi) is 4.23. The Labute approximate surface area is 112 Å². The predicted molar refractivity (Wildman–Crippen MR) is 74.0 cm³/mol. The fraction of sp³-hybridized carbons (Fsp3) is 0.571. The summed E-state index contributed by atoms with van der Waals surface area (Å²) in [6, 6.07) is 8.73. The molecule has 1 saturated carbocycles. The van der Waals surface area contributed by atoms with Crippen molar-refractivity contribution in [2.75, 3.05) is 6.61 Å². The molecule has 1 atom stereocenters. The minimum atomic E-state index is -0.335. The van der Waals surface area contributed by atoms with E-state index in [1.54, 1.807) is 0 Å². The third-order valence-electron chi connectivity index (χ3n) is 3.66. The van der Waals surface area contributed by atoms with Crippen LogP contribution < -0.4 is 5.32 Å². The molecule has 0 amide bonds. The van der Waals surface area contributed by atoms with E-state index in [2.05, 4.69) is 40.3 Å². The van der Waals surface area contributed by atoms with Crippen LogP contribution in [0.25, 0.3) is 0 Å². The molecule has 94 valence electrons. The second-order valence-electron chi connectivity index (χ2n) is 5.13. The molecule has 0 bridgehead atoms. The topological polar surface area (TPSA) is 32.3 Å². The molecule has 1 fully saturated rings. The highest BCUT2D eigenvalue weighted by Crippen LogP contribution is 2.27. The van der Waals surface area contributed by atoms with Crippen molar-refractivity contribution < 1.29 is 5.11 Å². The van der Waals surface area contributed by atoms with Crippen molar-refractivity contribution in [1.82, 2.24) is 5.32 Å². The lowest BCUT2D eigenvalue weighted by atomic mass is 9.91. The van der Waals surface area contributed by atoms with Crippen molar-refractivity contribution in [2.45, 2.75) is 44.2 Å². The number of nitrogens with one attached hydrogen (secondary N) is 1. The first-order valence-electron chi connectivity index (χ1n) is 6.29. The highest BCUT2D eigenvalue weighted by molar-refractivity contribution is 9.10. The zero-order valence-corrected chi connectivity index (χ0v) is 11.8. The highest BCUT2D eigenvalue weighted by Gasteiger charge is 2.29. The number of hydrogen-bond acceptors (Lipinski definition) is 2. The van der Waals surface area contributed by atoms with Gasteiger partial charge in [0.05, 0.1) is 12.1 Å². The quantitative estimate of drug-likeness (QED) is 0.895. The van der Waals surface area contributed by atoms with E-state index in [1.807, 2.05) is 12.1 Å². The first-order valence-corrected chi connectivity index (χ1v) is 7.08. The summed E-state index contributed by atoms with van der Waals surface area (Å²) in [6.07, 6.45) is 5.06. The molecule has 0 aliphatic heterocycles. The minimum absolute atomic E-state index is 0.125. The Morgan fingerprint density at radius 1 is 1.41 bits per heavy atom. The van der Waals surface area contributed by atoms with E-state index in [4.69, 9.17) is 0 Å². The third kappa shape index (κ3) is 3.09. The molecule has 2 N–H and O–H groups in total. The zero-order valence-electron chi connectivity index (χ0n) is 10.2. The first kappa shape index (κ1) is 13.1. The lowest BCUT2D eigenvalue weighted by Crippen LogP contribution is -2.47. The van der Waals surface area contributed by atoms with Gasteiger partial charge < -0.3 is 10.4 Å². The van der Waals surface area contributed by atoms with Crippen LogP contribution in [0.15, 0.2) is 28.7 Å². The standard InChI is InChI=1S/C14H20BrNO/c1-14(10-17,16-13-7-2-3-8-13)11-5-4-6-12(15)9-11/h4-6,9,13,16-17H,2-3,7-8,10H2,1H3. The summed E-state index contributed by atoms with van der Waals surface area (Å²) in [7, 11) is 0. The molecule has 3 heteroatoms. The molecule has 17 heavy (non-hydrogen) atoms. The monoisotopic (exact) mass is 297 g/mol. The molecule has 1 aliphatic rings. The molecule has 0 aromatic heterocycles. The fourth-order valence-corrected chi connectivity index (χ4v) is 2.97. The Balaban J connectivity index is 2.17. The third-order valence-corrected chi connectivity index (χ3v) is 4.15. The summed E-state index contributed by atoms with van der Waals surface area (Å²) in [5.41, 5.74) is 0.806. The van der Waals surface area contributed by atoms with Gasteiger partial charge >= 0.3 is 0 Å². The van der Waals surface area contributed by atoms with Crippen molar-refractivity contribution >= 4 is 15.9 Å². The maximum Gasteiger partial charge on any atom is 0.0652 e. The summed E-state index contributed by atoms with van der Waals surface area (Å²) in [4.78, 5) is 0. The van der Waals surface area contributed by atoms with Crippen LogP contribution in [-0.2, 0) is 5.54 Å². The van der Waals surface area contributed by atoms with Crippen LogP contribution in [0.3, 0.4) is 0 Å². The van der Waals surface area contributed by atoms with Crippen LogP contribution in [0.4, 0.5) is 0 Å². The smallest absolute Gasteiger partial charge is 0.0652 e. The average molecular weight is 298 g/mol. The molecule has 1 aromatic rings. The van der Waals surface area contributed by atoms with Crippen LogP contribution in [0.2, 0.25) is 0 Å². The zero-order chi connectivity index (χ0) is 12.3. The largest absolute Gasteiger partial charge is 0.394 e. The number of rotatable bonds is 4. The van der Waals surface area contributed by atoms with E-state index in [0.29, 0.717) is 6.04 Å². The Hall–Kier alpha value is -0.380. The van der Waals surface area contributed by atoms with Gasteiger partial charge in [0.2, 0.25) is 0 Å². The first-order chi connectivity index (χ1) is 8.14. The Bertz CT molecular complexity index is 376. The summed E-state index contributed by atoms with van der Waals surface area (Å²) in [6.45, 7) is 2.20. The molecular formula is C14H20BrNO. The molecule has 2 nitrogen and oxygen atoms in total. The van der Waals surface area contributed by atoms with Crippen LogP contribution >= 0.6 is 15.9 Å². The van der Waals surface area contributed by atoms with Crippen molar-refractivity contribution in [3.8, 4) is 0 Å². The van der Waals surface area contributed by atoms with Gasteiger partial charge in [-0.1, -0.05) is 40.9 Å². The highest BCUT2D eigenvalue weighted by atomic mass is 79.9. The second-order valence-corrected chi connectivity index (χ2v) is 6.04. The molecule has 0 heterocycles. The van der Waals surface area contributed by atoms with Gasteiger partial charge in [0.15, 0.2) is 0 Å². The minimum Gasteiger partial charge on any atom is -0.394 e. The van der Waals surface area contributed by atoms with E-state index in [0.717, 1.165) is 10.0 Å². The number of aliphatic hydroxyl groups is 1. The Morgan fingerprint density at radius 2 is 2.12 bits per heavy atom. The van der Waals surface area contributed by atoms with Gasteiger partial charge in [-0.2, -0.15) is 0 Å². The molecule has 1 aliphatic carbocycles. The maximum absolute atomic E-state index is 9.71. The normalized spacial score (nSPS) is 20.4. The molecular weight excluding hydrogens is 278 g/mol. The van der Waals surface area contributed by atoms with Gasteiger partial charge in [0, 0.05) is 10.5 Å². The van der Waals surface area contributed by atoms with Gasteiger partial charge in [0.25, 0.3) is 0 Å². The van der Waals surface area contributed by atoms with Crippen molar-refractivity contribution in [3.05, 3.63) is 34.3 Å². The lowest BCUT2D eigenvalue weighted by Gasteiger charge is -2.33. The Morgan fingerprint density at radius 3 is 2.71 bits per heavy atom. The number of benzene rings is 1. The van der Waals surface area contributed by atoms with Crippen molar-refractivity contribution in [2.24, 2.45) is 0 Å². The summed E-state index contributed by atoms with van der Waals surface area (Å²) in [5, 5.41) is 13.3. The van der Waals surface area contributed by atoms with Gasteiger partial charge in [-0.25, -0.2) is 0 Å². The molecule has 0 spiro atoms. The van der Waals surface area contributed by atoms with Crippen LogP contribution in [0.1, 0.15) is 38.2 Å². The number of hydrogen-bond donors (Lipinski definition) is 2. The molecule has 0 saturated heterocycles. The van der Waals surface area contributed by atoms with Gasteiger partial charge in [-0.3, -0.25) is 0 Å². The summed E-state index contributed by atoms with van der Waals surface area (Å²) < 4.78 is 1.06. The van der Waals surface area contributed by atoms with Gasteiger partial charge in [0.1, 0.15) is 0 Å². The van der Waals surface area contributed by atoms with E-state index < -0.39 is 0 Å². The molecule has 0 radical (unpaired) electrons. The van der Waals surface area contributed by atoms with Gasteiger partial charge in [-0.05, 0) is 37.5 Å². The number of halogens is 1. The number of aliphatic hydroxyl groups excluding tert-OH is 1. The fourth-order valence-electron chi connectivity index (χ4n) is 2.57. The van der Waals surface area contributed by atoms with Crippen LogP contribution in [-0.4, -0.2) is 17.8 Å². The molecule has 1 aromatic carbocycles. The predicted octanol–water partition coefficient (Wildman–Crippen LogP) is 3.19. The van der Waals surface area contributed by atoms with E-state index in [9.17, 15) is 5.11 Å². The summed E-state index contributed by atoms with van der Waals surface area (Å²) in [5.74, 6) is 0. The van der Waals surface area contributed by atoms with Crippen LogP contribution in [0.5, 0.6) is 0 Å². The average Bonchev–Trinajstić information content (AvgIpc) is 2.81. The second kappa shape index (κ2) is 5.51. The lowest BCUT2D eigenvalue weighted by molar-refractivity contribution is 0.161. The summed E-state index contributed by atoms with van der Waals surface area (Å²) >= 11 is 3.49. The van der Waals surface area contributed by atoms with Crippen molar-refractivity contribution in [1.29, 1.82) is 0 Å². The van der Waals surface area contributed by atoms with Crippen LogP contribution in [0, 0.1) is 0 Å². The van der Waals surface area contributed by atoms with Crippen molar-refractivity contribution in [3.63, 3.8) is 0 Å². The van der Waals surface area contributed by atoms with Gasteiger partial charge in [-0.15, -0.1) is 0 Å². The maximum atomic E-state index is 9.71. The van der Waals surface area contributed by atoms with E-state index >= 15 is 0 Å².